The van der Waals surface area contributed by atoms with Crippen molar-refractivity contribution in [3.63, 3.8) is 0 Å². The van der Waals surface area contributed by atoms with Crippen LogP contribution in [0.3, 0.4) is 0 Å². The van der Waals surface area contributed by atoms with Gasteiger partial charge in [-0.1, -0.05) is 71.9 Å². The first-order chi connectivity index (χ1) is 19.9. The molecular weight excluding hydrogens is 510 g/mol. The number of hydrogen-bond acceptors (Lipinski definition) is 1. The maximum absolute atomic E-state index is 4.40. The zero-order chi connectivity index (χ0) is 30.3. The van der Waals surface area contributed by atoms with E-state index in [4.69, 9.17) is 0 Å². The Bertz CT molecular complexity index is 1350. The lowest BCUT2D eigenvalue weighted by Gasteiger charge is -2.36. The highest BCUT2D eigenvalue weighted by atomic mass is 14.9. The Balaban J connectivity index is 1.75. The van der Waals surface area contributed by atoms with E-state index in [9.17, 15) is 0 Å². The van der Waals surface area contributed by atoms with Crippen molar-refractivity contribution in [2.75, 3.05) is 0 Å². The van der Waals surface area contributed by atoms with E-state index < -0.39 is 0 Å². The molecule has 4 unspecified atom stereocenters. The van der Waals surface area contributed by atoms with Gasteiger partial charge in [-0.15, -0.1) is 0 Å². The maximum atomic E-state index is 4.40. The second kappa shape index (κ2) is 13.8. The van der Waals surface area contributed by atoms with Crippen LogP contribution in [0.4, 0.5) is 0 Å². The van der Waals surface area contributed by atoms with Gasteiger partial charge in [-0.3, -0.25) is 4.98 Å². The third kappa shape index (κ3) is 9.08. The highest BCUT2D eigenvalue weighted by Crippen LogP contribution is 2.47. The second-order valence-corrected chi connectivity index (χ2v) is 14.8. The largest absolute Gasteiger partial charge is 0.265 e. The smallest absolute Gasteiger partial charge is 0.168 e. The summed E-state index contributed by atoms with van der Waals surface area (Å²) in [6.45, 7) is 14.4. The van der Waals surface area contributed by atoms with Gasteiger partial charge in [0.25, 0.3) is 0 Å². The van der Waals surface area contributed by atoms with Crippen molar-refractivity contribution in [1.29, 1.82) is 0 Å². The van der Waals surface area contributed by atoms with Gasteiger partial charge in [-0.25, -0.2) is 9.13 Å². The Morgan fingerprint density at radius 3 is 1.50 bits per heavy atom. The highest BCUT2D eigenvalue weighted by Gasteiger charge is 2.33. The summed E-state index contributed by atoms with van der Waals surface area (Å²) in [4.78, 5) is 4.40. The molecule has 222 valence electrons. The summed E-state index contributed by atoms with van der Waals surface area (Å²) in [6, 6.07) is 25.1. The summed E-state index contributed by atoms with van der Waals surface area (Å²) in [5, 5.41) is 0. The van der Waals surface area contributed by atoms with Gasteiger partial charge < -0.3 is 0 Å². The second-order valence-electron chi connectivity index (χ2n) is 14.8. The molecular formula is C39H53N3+2. The molecule has 4 atom stereocenters. The predicted octanol–water partition coefficient (Wildman–Crippen LogP) is 8.82. The van der Waals surface area contributed by atoms with Gasteiger partial charge in [0.15, 0.2) is 24.8 Å². The van der Waals surface area contributed by atoms with E-state index in [2.05, 4.69) is 161 Å². The molecule has 1 aromatic carbocycles. The van der Waals surface area contributed by atoms with Crippen LogP contribution < -0.4 is 9.13 Å². The van der Waals surface area contributed by atoms with Crippen LogP contribution in [0.15, 0.2) is 104 Å². The topological polar surface area (TPSA) is 20.6 Å². The Kier molecular flexibility index (Phi) is 10.4. The molecule has 0 amide bonds. The molecule has 0 aliphatic heterocycles. The summed E-state index contributed by atoms with van der Waals surface area (Å²) in [7, 11) is 4.21. The molecule has 42 heavy (non-hydrogen) atoms. The fourth-order valence-electron chi connectivity index (χ4n) is 6.66. The lowest BCUT2D eigenvalue weighted by atomic mass is 9.68. The van der Waals surface area contributed by atoms with Crippen LogP contribution in [0.25, 0.3) is 0 Å². The van der Waals surface area contributed by atoms with E-state index in [0.29, 0.717) is 23.7 Å². The Labute approximate surface area is 255 Å². The van der Waals surface area contributed by atoms with Crippen LogP contribution in [-0.4, -0.2) is 4.98 Å². The van der Waals surface area contributed by atoms with Crippen molar-refractivity contribution in [3.8, 4) is 0 Å². The molecule has 0 saturated heterocycles. The van der Waals surface area contributed by atoms with Crippen molar-refractivity contribution in [2.24, 2.45) is 24.9 Å². The molecule has 0 spiro atoms. The average molecular weight is 564 g/mol. The molecule has 3 nitrogen and oxygen atoms in total. The molecule has 0 radical (unpaired) electrons. The summed E-state index contributed by atoms with van der Waals surface area (Å²) in [5.74, 6) is 1.78. The first-order valence-electron chi connectivity index (χ1n) is 15.7. The first-order valence-corrected chi connectivity index (χ1v) is 15.7. The third-order valence-electron chi connectivity index (χ3n) is 8.89. The predicted molar refractivity (Wildman–Crippen MR) is 174 cm³/mol. The van der Waals surface area contributed by atoms with E-state index in [0.717, 1.165) is 25.7 Å². The molecule has 0 N–H and O–H groups in total. The molecule has 0 aliphatic carbocycles. The van der Waals surface area contributed by atoms with E-state index in [-0.39, 0.29) is 10.8 Å². The molecule has 3 heterocycles. The minimum absolute atomic E-state index is 0.152. The normalized spacial score (nSPS) is 15.1. The number of pyridine rings is 3. The van der Waals surface area contributed by atoms with Gasteiger partial charge in [0.2, 0.25) is 0 Å². The molecule has 3 heteroatoms. The Hall–Kier alpha value is -3.33. The third-order valence-corrected chi connectivity index (χ3v) is 8.89. The van der Waals surface area contributed by atoms with Crippen molar-refractivity contribution in [2.45, 2.75) is 90.9 Å². The van der Waals surface area contributed by atoms with Crippen LogP contribution in [0.1, 0.15) is 113 Å². The van der Waals surface area contributed by atoms with Gasteiger partial charge in [-0.2, -0.15) is 0 Å². The van der Waals surface area contributed by atoms with Crippen LogP contribution in [0.2, 0.25) is 0 Å². The lowest BCUT2D eigenvalue weighted by molar-refractivity contribution is -0.671. The number of rotatable bonds is 11. The summed E-state index contributed by atoms with van der Waals surface area (Å²) in [5.41, 5.74) is 6.13. The fraction of sp³-hybridized carbons (Fsp3) is 0.462. The maximum Gasteiger partial charge on any atom is 0.168 e. The molecule has 0 bridgehead atoms. The minimum Gasteiger partial charge on any atom is -0.265 e. The monoisotopic (exact) mass is 563 g/mol. The lowest BCUT2D eigenvalue weighted by Crippen LogP contribution is -2.27. The SMILES string of the molecule is C[n+]1ccc(C(CC(CC(CC(C)(C)C)c2cc[n+](C)cc2)c2ccncc2)CC(c2ccccc2)C(C)(C)C)cc1. The van der Waals surface area contributed by atoms with E-state index in [1.54, 1.807) is 0 Å². The van der Waals surface area contributed by atoms with E-state index >= 15 is 0 Å². The number of nitrogens with zero attached hydrogens (tertiary/aromatic N) is 3. The van der Waals surface area contributed by atoms with Gasteiger partial charge in [0, 0.05) is 36.7 Å². The number of aryl methyl sites for hydroxylation is 2. The van der Waals surface area contributed by atoms with Crippen molar-refractivity contribution in [1.82, 2.24) is 4.98 Å². The highest BCUT2D eigenvalue weighted by molar-refractivity contribution is 5.26. The number of hydrogen-bond donors (Lipinski definition) is 0. The van der Waals surface area contributed by atoms with Gasteiger partial charge in [-0.05, 0) is 94.6 Å². The van der Waals surface area contributed by atoms with Gasteiger partial charge in [0.05, 0.1) is 0 Å². The summed E-state index contributed by atoms with van der Waals surface area (Å²) in [6.07, 6.45) is 17.3. The van der Waals surface area contributed by atoms with Gasteiger partial charge in [0.1, 0.15) is 14.1 Å². The zero-order valence-electron chi connectivity index (χ0n) is 27.3. The van der Waals surface area contributed by atoms with Crippen LogP contribution in [-0.2, 0) is 14.1 Å². The first kappa shape index (κ1) is 31.6. The molecule has 0 saturated carbocycles. The van der Waals surface area contributed by atoms with Crippen molar-refractivity contribution in [3.05, 3.63) is 126 Å². The standard InChI is InChI=1S/C39H53N3/c1-38(2,3)29-36(32-18-24-42(8)25-19-32)27-34(30-14-20-40-21-15-30)26-35(31-16-22-41(7)23-17-31)28-37(39(4,5)6)33-12-10-9-11-13-33/h9-25,34-37H,26-29H2,1-8H3/q+2. The molecule has 0 aliphatic rings. The van der Waals surface area contributed by atoms with Crippen LogP contribution >= 0.6 is 0 Å². The minimum atomic E-state index is 0.152. The van der Waals surface area contributed by atoms with E-state index in [1.807, 2.05) is 12.4 Å². The fourth-order valence-corrected chi connectivity index (χ4v) is 6.66. The molecule has 4 aromatic rings. The van der Waals surface area contributed by atoms with Crippen molar-refractivity contribution < 1.29 is 9.13 Å². The zero-order valence-corrected chi connectivity index (χ0v) is 27.3. The quantitative estimate of drug-likeness (QED) is 0.167. The van der Waals surface area contributed by atoms with Gasteiger partial charge >= 0.3 is 0 Å². The van der Waals surface area contributed by atoms with Crippen molar-refractivity contribution >= 4 is 0 Å². The number of benzene rings is 1. The average Bonchev–Trinajstić information content (AvgIpc) is 2.94. The molecule has 3 aromatic heterocycles. The summed E-state index contributed by atoms with van der Waals surface area (Å²) >= 11 is 0. The van der Waals surface area contributed by atoms with Crippen LogP contribution in [0, 0.1) is 10.8 Å². The number of aromatic nitrogens is 3. The summed E-state index contributed by atoms with van der Waals surface area (Å²) < 4.78 is 4.29. The van der Waals surface area contributed by atoms with E-state index in [1.165, 1.54) is 22.3 Å². The Morgan fingerprint density at radius 2 is 1.00 bits per heavy atom. The molecule has 4 rings (SSSR count). The Morgan fingerprint density at radius 1 is 0.548 bits per heavy atom. The van der Waals surface area contributed by atoms with Crippen LogP contribution in [0.5, 0.6) is 0 Å². The molecule has 0 fully saturated rings.